The number of rotatable bonds is 11. The summed E-state index contributed by atoms with van der Waals surface area (Å²) in [6.07, 6.45) is 0. The van der Waals surface area contributed by atoms with Gasteiger partial charge in [0.25, 0.3) is 5.69 Å². The highest BCUT2D eigenvalue weighted by Crippen LogP contribution is 2.52. The van der Waals surface area contributed by atoms with Gasteiger partial charge in [-0.3, -0.25) is 19.2 Å². The first kappa shape index (κ1) is 23.7. The van der Waals surface area contributed by atoms with Crippen LogP contribution in [0, 0.1) is 10.1 Å². The number of benzene rings is 2. The lowest BCUT2D eigenvalue weighted by atomic mass is 10.1. The van der Waals surface area contributed by atoms with E-state index in [1.165, 1.54) is 18.2 Å². The molecule has 0 bridgehead atoms. The molecule has 0 fully saturated rings. The molecule has 2 aromatic carbocycles. The molecule has 0 radical (unpaired) electrons. The highest BCUT2D eigenvalue weighted by molar-refractivity contribution is 7.63. The van der Waals surface area contributed by atoms with E-state index in [4.69, 9.17) is 18.1 Å². The van der Waals surface area contributed by atoms with Crippen LogP contribution in [0.2, 0.25) is 0 Å². The summed E-state index contributed by atoms with van der Waals surface area (Å²) in [6.45, 7) is 7.03. The maximum Gasteiger partial charge on any atom is 0.362 e. The molecular weight excluding hydrogens is 420 g/mol. The van der Waals surface area contributed by atoms with Crippen molar-refractivity contribution in [3.05, 3.63) is 40.4 Å². The molecule has 0 saturated heterocycles. The van der Waals surface area contributed by atoms with E-state index in [1.807, 2.05) is 0 Å². The van der Waals surface area contributed by atoms with Crippen LogP contribution in [0.4, 0.5) is 5.69 Å². The fourth-order valence-electron chi connectivity index (χ4n) is 2.94. The van der Waals surface area contributed by atoms with Crippen molar-refractivity contribution >= 4 is 42.3 Å². The second-order valence-electron chi connectivity index (χ2n) is 5.76. The zero-order valence-electron chi connectivity index (χ0n) is 16.8. The van der Waals surface area contributed by atoms with Gasteiger partial charge in [0, 0.05) is 17.5 Å². The Kier molecular flexibility index (Phi) is 8.11. The summed E-state index contributed by atoms with van der Waals surface area (Å²) in [5.74, 6) is 0. The first-order valence-electron chi connectivity index (χ1n) is 9.26. The third kappa shape index (κ3) is 4.94. The molecule has 2 rings (SSSR count). The highest BCUT2D eigenvalue weighted by Gasteiger charge is 2.35. The van der Waals surface area contributed by atoms with Crippen molar-refractivity contribution in [1.82, 2.24) is 0 Å². The smallest absolute Gasteiger partial charge is 0.305 e. The average Bonchev–Trinajstić information content (AvgIpc) is 2.67. The largest absolute Gasteiger partial charge is 0.362 e. The molecule has 11 heteroatoms. The van der Waals surface area contributed by atoms with Crippen LogP contribution in [-0.4, -0.2) is 31.4 Å². The van der Waals surface area contributed by atoms with E-state index < -0.39 is 20.1 Å². The van der Waals surface area contributed by atoms with Crippen LogP contribution >= 0.6 is 15.2 Å². The Morgan fingerprint density at radius 2 is 1.28 bits per heavy atom. The van der Waals surface area contributed by atoms with E-state index in [0.717, 1.165) is 0 Å². The topological polar surface area (TPSA) is 114 Å². The van der Waals surface area contributed by atoms with Crippen molar-refractivity contribution in [2.45, 2.75) is 27.7 Å². The quantitative estimate of drug-likeness (QED) is 0.282. The molecule has 0 aliphatic carbocycles. The molecule has 0 N–H and O–H groups in total. The molecule has 0 spiro atoms. The minimum atomic E-state index is -3.86. The Morgan fingerprint density at radius 1 is 0.793 bits per heavy atom. The Bertz CT molecular complexity index is 958. The number of nitro benzene ring substituents is 1. The maximum absolute atomic E-state index is 13.4. The molecule has 29 heavy (non-hydrogen) atoms. The second-order valence-corrected chi connectivity index (χ2v) is 9.75. The molecule has 0 amide bonds. The first-order valence-corrected chi connectivity index (χ1v) is 12.3. The molecule has 0 aromatic heterocycles. The Balaban J connectivity index is 2.93. The normalized spacial score (nSPS) is 12.4. The minimum absolute atomic E-state index is 0.0341. The van der Waals surface area contributed by atoms with Crippen molar-refractivity contribution in [2.24, 2.45) is 0 Å². The molecular formula is C18H25NO8P2. The van der Waals surface area contributed by atoms with E-state index in [0.29, 0.717) is 5.39 Å². The maximum atomic E-state index is 13.4. The zero-order chi connectivity index (χ0) is 21.7. The summed E-state index contributed by atoms with van der Waals surface area (Å²) >= 11 is 0. The number of hydrogen-bond donors (Lipinski definition) is 0. The predicted molar refractivity (Wildman–Crippen MR) is 112 cm³/mol. The van der Waals surface area contributed by atoms with Crippen molar-refractivity contribution in [1.29, 1.82) is 0 Å². The van der Waals surface area contributed by atoms with Crippen molar-refractivity contribution in [3.8, 4) is 0 Å². The van der Waals surface area contributed by atoms with Gasteiger partial charge >= 0.3 is 15.2 Å². The van der Waals surface area contributed by atoms with Crippen molar-refractivity contribution in [3.63, 3.8) is 0 Å². The summed E-state index contributed by atoms with van der Waals surface area (Å²) in [5, 5.41) is 12.3. The lowest BCUT2D eigenvalue weighted by Gasteiger charge is -2.22. The molecule has 160 valence electrons. The molecule has 0 aliphatic rings. The highest BCUT2D eigenvalue weighted by atomic mass is 31.2. The second kappa shape index (κ2) is 9.94. The summed E-state index contributed by atoms with van der Waals surface area (Å²) in [6, 6.07) is 7.17. The van der Waals surface area contributed by atoms with E-state index in [2.05, 4.69) is 0 Å². The van der Waals surface area contributed by atoms with Crippen LogP contribution in [0.3, 0.4) is 0 Å². The van der Waals surface area contributed by atoms with Gasteiger partial charge in [-0.1, -0.05) is 12.1 Å². The number of nitrogens with zero attached hydrogens (tertiary/aromatic N) is 1. The van der Waals surface area contributed by atoms with Gasteiger partial charge in [0.2, 0.25) is 0 Å². The number of non-ortho nitro benzene ring substituents is 1. The standard InChI is InChI=1S/C18H25NO8P2/c1-5-24-28(22,25-6-2)17-11-9-10-15-16(17)12-14(19(20)21)13-18(15)29(23,26-7-3)27-8-4/h9-13H,5-8H2,1-4H3. The van der Waals surface area contributed by atoms with Crippen LogP contribution in [-0.2, 0) is 27.2 Å². The number of fused-ring (bicyclic) bond motifs is 1. The van der Waals surface area contributed by atoms with Crippen molar-refractivity contribution in [2.75, 3.05) is 26.4 Å². The summed E-state index contributed by atoms with van der Waals surface area (Å²) in [4.78, 5) is 10.9. The van der Waals surface area contributed by atoms with Crippen LogP contribution in [0.5, 0.6) is 0 Å². The van der Waals surface area contributed by atoms with Crippen LogP contribution in [0.1, 0.15) is 27.7 Å². The summed E-state index contributed by atoms with van der Waals surface area (Å²) in [5.41, 5.74) is -0.334. The van der Waals surface area contributed by atoms with Gasteiger partial charge in [0.05, 0.1) is 42.0 Å². The van der Waals surface area contributed by atoms with E-state index in [-0.39, 0.29) is 48.1 Å². The molecule has 9 nitrogen and oxygen atoms in total. The van der Waals surface area contributed by atoms with Crippen LogP contribution in [0.25, 0.3) is 10.8 Å². The Labute approximate surface area is 169 Å². The molecule has 0 heterocycles. The summed E-state index contributed by atoms with van der Waals surface area (Å²) < 4.78 is 48.4. The lowest BCUT2D eigenvalue weighted by Crippen LogP contribution is -2.17. The molecule has 0 aliphatic heterocycles. The predicted octanol–water partition coefficient (Wildman–Crippen LogP) is 4.53. The zero-order valence-corrected chi connectivity index (χ0v) is 18.6. The van der Waals surface area contributed by atoms with Gasteiger partial charge in [-0.2, -0.15) is 0 Å². The monoisotopic (exact) mass is 445 g/mol. The SMILES string of the molecule is CCOP(=O)(OCC)c1cc([N+](=O)[O-])cc2c(P(=O)(OCC)OCC)cccc12. The van der Waals surface area contributed by atoms with Crippen molar-refractivity contribution < 1.29 is 32.1 Å². The third-order valence-corrected chi connectivity index (χ3v) is 8.27. The van der Waals surface area contributed by atoms with Gasteiger partial charge in [-0.25, -0.2) is 0 Å². The molecule has 2 aromatic rings. The molecule has 0 saturated carbocycles. The Hall–Kier alpha value is -1.60. The number of hydrogen-bond acceptors (Lipinski definition) is 8. The van der Waals surface area contributed by atoms with Gasteiger partial charge in [0.1, 0.15) is 0 Å². The van der Waals surface area contributed by atoms with Crippen LogP contribution in [0.15, 0.2) is 30.3 Å². The third-order valence-electron chi connectivity index (χ3n) is 3.93. The minimum Gasteiger partial charge on any atom is -0.305 e. The molecule has 0 atom stereocenters. The first-order chi connectivity index (χ1) is 13.8. The average molecular weight is 445 g/mol. The van der Waals surface area contributed by atoms with Gasteiger partial charge in [-0.05, 0) is 39.1 Å². The van der Waals surface area contributed by atoms with E-state index in [1.54, 1.807) is 39.8 Å². The van der Waals surface area contributed by atoms with Gasteiger partial charge in [-0.15, -0.1) is 0 Å². The molecule has 0 unspecified atom stereocenters. The number of nitro groups is 1. The van der Waals surface area contributed by atoms with E-state index in [9.17, 15) is 19.2 Å². The lowest BCUT2D eigenvalue weighted by molar-refractivity contribution is -0.384. The Morgan fingerprint density at radius 3 is 1.72 bits per heavy atom. The van der Waals surface area contributed by atoms with Crippen LogP contribution < -0.4 is 10.6 Å². The fraction of sp³-hybridized carbons (Fsp3) is 0.444. The van der Waals surface area contributed by atoms with Gasteiger partial charge < -0.3 is 18.1 Å². The summed E-state index contributed by atoms with van der Waals surface area (Å²) in [7, 11) is -7.63. The van der Waals surface area contributed by atoms with E-state index >= 15 is 0 Å². The fourth-order valence-corrected chi connectivity index (χ4v) is 6.53. The van der Waals surface area contributed by atoms with Gasteiger partial charge in [0.15, 0.2) is 0 Å².